The summed E-state index contributed by atoms with van der Waals surface area (Å²) < 4.78 is 5.81. The Morgan fingerprint density at radius 3 is 2.89 bits per heavy atom. The van der Waals surface area contributed by atoms with E-state index in [9.17, 15) is 0 Å². The molecule has 0 spiro atoms. The Morgan fingerprint density at radius 2 is 2.32 bits per heavy atom. The average molecular weight is 263 g/mol. The first-order valence-electron chi connectivity index (χ1n) is 7.28. The molecule has 2 heterocycles. The van der Waals surface area contributed by atoms with Crippen LogP contribution in [0.5, 0.6) is 0 Å². The van der Waals surface area contributed by atoms with Crippen LogP contribution < -0.4 is 5.32 Å². The smallest absolute Gasteiger partial charge is 0.160 e. The maximum Gasteiger partial charge on any atom is 0.160 e. The van der Waals surface area contributed by atoms with Gasteiger partial charge in [-0.2, -0.15) is 0 Å². The molecule has 0 bridgehead atoms. The first kappa shape index (κ1) is 14.4. The molecule has 1 fully saturated rings. The lowest BCUT2D eigenvalue weighted by molar-refractivity contribution is 0.00913. The highest BCUT2D eigenvalue weighted by molar-refractivity contribution is 5.21. The van der Waals surface area contributed by atoms with Crippen LogP contribution in [0.2, 0.25) is 0 Å². The maximum absolute atomic E-state index is 5.81. The molecular weight excluding hydrogens is 238 g/mol. The summed E-state index contributed by atoms with van der Waals surface area (Å²) in [5.74, 6) is 0.828. The van der Waals surface area contributed by atoms with E-state index in [1.807, 2.05) is 6.20 Å². The van der Waals surface area contributed by atoms with E-state index in [2.05, 4.69) is 43.0 Å². The van der Waals surface area contributed by atoms with E-state index in [-0.39, 0.29) is 5.60 Å². The van der Waals surface area contributed by atoms with Crippen LogP contribution in [-0.2, 0) is 10.3 Å². The van der Waals surface area contributed by atoms with E-state index in [4.69, 9.17) is 4.74 Å². The quantitative estimate of drug-likeness (QED) is 0.887. The summed E-state index contributed by atoms with van der Waals surface area (Å²) in [6.45, 7) is 10.3. The third-order valence-electron chi connectivity index (χ3n) is 3.88. The van der Waals surface area contributed by atoms with Crippen molar-refractivity contribution in [3.63, 3.8) is 0 Å². The molecule has 1 aromatic heterocycles. The Labute approximate surface area is 116 Å². The standard InChI is InChI=1S/C15H25N3O/c1-5-8-16-11(2)13-10-17-14(18-12(13)3)15(4)7-6-9-19-15/h10-11,16H,5-9H2,1-4H3. The average Bonchev–Trinajstić information content (AvgIpc) is 2.84. The van der Waals surface area contributed by atoms with Crippen LogP contribution in [0.3, 0.4) is 0 Å². The fraction of sp³-hybridized carbons (Fsp3) is 0.733. The lowest BCUT2D eigenvalue weighted by Crippen LogP contribution is -2.26. The zero-order valence-corrected chi connectivity index (χ0v) is 12.5. The third-order valence-corrected chi connectivity index (χ3v) is 3.88. The van der Waals surface area contributed by atoms with Crippen LogP contribution in [0.4, 0.5) is 0 Å². The Balaban J connectivity index is 2.17. The maximum atomic E-state index is 5.81. The molecule has 0 saturated carbocycles. The number of nitrogens with zero attached hydrogens (tertiary/aromatic N) is 2. The molecular formula is C15H25N3O. The Kier molecular flexibility index (Phi) is 4.53. The highest BCUT2D eigenvalue weighted by Gasteiger charge is 2.35. The number of hydrogen-bond donors (Lipinski definition) is 1. The molecule has 0 amide bonds. The number of aryl methyl sites for hydroxylation is 1. The van der Waals surface area contributed by atoms with Crippen LogP contribution in [0.15, 0.2) is 6.20 Å². The van der Waals surface area contributed by atoms with Gasteiger partial charge >= 0.3 is 0 Å². The SMILES string of the molecule is CCCNC(C)c1cnc(C2(C)CCCO2)nc1C. The zero-order valence-electron chi connectivity index (χ0n) is 12.5. The molecule has 4 heteroatoms. The molecule has 1 N–H and O–H groups in total. The summed E-state index contributed by atoms with van der Waals surface area (Å²) in [7, 11) is 0. The fourth-order valence-corrected chi connectivity index (χ4v) is 2.58. The van der Waals surface area contributed by atoms with Gasteiger partial charge in [0.2, 0.25) is 0 Å². The molecule has 1 saturated heterocycles. The van der Waals surface area contributed by atoms with Gasteiger partial charge < -0.3 is 10.1 Å². The van der Waals surface area contributed by atoms with E-state index >= 15 is 0 Å². The molecule has 0 radical (unpaired) electrons. The highest BCUT2D eigenvalue weighted by atomic mass is 16.5. The summed E-state index contributed by atoms with van der Waals surface area (Å²) in [6.07, 6.45) is 5.19. The molecule has 19 heavy (non-hydrogen) atoms. The van der Waals surface area contributed by atoms with Gasteiger partial charge in [-0.1, -0.05) is 6.92 Å². The van der Waals surface area contributed by atoms with Crippen LogP contribution in [0.1, 0.15) is 63.2 Å². The highest BCUT2D eigenvalue weighted by Crippen LogP contribution is 2.33. The minimum absolute atomic E-state index is 0.288. The van der Waals surface area contributed by atoms with Gasteiger partial charge in [-0.05, 0) is 46.6 Å². The van der Waals surface area contributed by atoms with Crippen molar-refractivity contribution in [2.24, 2.45) is 0 Å². The van der Waals surface area contributed by atoms with Crippen molar-refractivity contribution < 1.29 is 4.74 Å². The van der Waals surface area contributed by atoms with Gasteiger partial charge in [0.15, 0.2) is 5.82 Å². The van der Waals surface area contributed by atoms with E-state index < -0.39 is 0 Å². The molecule has 2 atom stereocenters. The normalized spacial score (nSPS) is 24.6. The first-order valence-corrected chi connectivity index (χ1v) is 7.28. The van der Waals surface area contributed by atoms with Crippen molar-refractivity contribution in [2.75, 3.05) is 13.2 Å². The third kappa shape index (κ3) is 3.12. The summed E-state index contributed by atoms with van der Waals surface area (Å²) >= 11 is 0. The summed E-state index contributed by atoms with van der Waals surface area (Å²) in [5.41, 5.74) is 1.94. The topological polar surface area (TPSA) is 47.0 Å². The lowest BCUT2D eigenvalue weighted by Gasteiger charge is -2.23. The minimum atomic E-state index is -0.288. The second kappa shape index (κ2) is 5.97. The van der Waals surface area contributed by atoms with Gasteiger partial charge in [0, 0.05) is 30.1 Å². The Hall–Kier alpha value is -1.00. The van der Waals surface area contributed by atoms with Crippen LogP contribution in [0, 0.1) is 6.92 Å². The number of hydrogen-bond acceptors (Lipinski definition) is 4. The molecule has 1 aliphatic heterocycles. The lowest BCUT2D eigenvalue weighted by atomic mass is 10.0. The second-order valence-corrected chi connectivity index (χ2v) is 5.59. The summed E-state index contributed by atoms with van der Waals surface area (Å²) in [4.78, 5) is 9.23. The molecule has 1 aromatic rings. The molecule has 106 valence electrons. The van der Waals surface area contributed by atoms with Gasteiger partial charge in [-0.25, -0.2) is 9.97 Å². The monoisotopic (exact) mass is 263 g/mol. The molecule has 2 unspecified atom stereocenters. The van der Waals surface area contributed by atoms with Crippen molar-refractivity contribution in [3.8, 4) is 0 Å². The number of ether oxygens (including phenoxy) is 1. The largest absolute Gasteiger partial charge is 0.367 e. The van der Waals surface area contributed by atoms with E-state index in [1.165, 1.54) is 5.56 Å². The van der Waals surface area contributed by atoms with E-state index in [1.54, 1.807) is 0 Å². The van der Waals surface area contributed by atoms with Gasteiger partial charge in [0.1, 0.15) is 5.60 Å². The molecule has 0 aliphatic carbocycles. The predicted octanol–water partition coefficient (Wildman–Crippen LogP) is 2.87. The van der Waals surface area contributed by atoms with E-state index in [0.717, 1.165) is 43.9 Å². The molecule has 1 aliphatic rings. The van der Waals surface area contributed by atoms with Gasteiger partial charge in [0.25, 0.3) is 0 Å². The summed E-state index contributed by atoms with van der Waals surface area (Å²) in [6, 6.07) is 0.298. The van der Waals surface area contributed by atoms with Crippen molar-refractivity contribution in [1.82, 2.24) is 15.3 Å². The minimum Gasteiger partial charge on any atom is -0.367 e. The van der Waals surface area contributed by atoms with Crippen LogP contribution in [-0.4, -0.2) is 23.1 Å². The van der Waals surface area contributed by atoms with Gasteiger partial charge in [0.05, 0.1) is 0 Å². The first-order chi connectivity index (χ1) is 9.07. The number of nitrogens with one attached hydrogen (secondary N) is 1. The summed E-state index contributed by atoms with van der Waals surface area (Å²) in [5, 5.41) is 3.48. The fourth-order valence-electron chi connectivity index (χ4n) is 2.58. The molecule has 4 nitrogen and oxygen atoms in total. The number of aromatic nitrogens is 2. The Morgan fingerprint density at radius 1 is 1.53 bits per heavy atom. The van der Waals surface area contributed by atoms with Crippen LogP contribution >= 0.6 is 0 Å². The van der Waals surface area contributed by atoms with Crippen molar-refractivity contribution >= 4 is 0 Å². The number of rotatable bonds is 5. The van der Waals surface area contributed by atoms with Crippen molar-refractivity contribution in [1.29, 1.82) is 0 Å². The zero-order chi connectivity index (χ0) is 13.9. The van der Waals surface area contributed by atoms with Gasteiger partial charge in [-0.3, -0.25) is 0 Å². The van der Waals surface area contributed by atoms with Crippen molar-refractivity contribution in [2.45, 2.75) is 58.6 Å². The van der Waals surface area contributed by atoms with Gasteiger partial charge in [-0.15, -0.1) is 0 Å². The van der Waals surface area contributed by atoms with Crippen molar-refractivity contribution in [3.05, 3.63) is 23.3 Å². The Bertz CT molecular complexity index is 427. The second-order valence-electron chi connectivity index (χ2n) is 5.59. The van der Waals surface area contributed by atoms with E-state index in [0.29, 0.717) is 6.04 Å². The predicted molar refractivity (Wildman–Crippen MR) is 76.0 cm³/mol. The molecule has 2 rings (SSSR count). The van der Waals surface area contributed by atoms with Crippen LogP contribution in [0.25, 0.3) is 0 Å². The molecule has 0 aromatic carbocycles.